The van der Waals surface area contributed by atoms with Gasteiger partial charge in [-0.1, -0.05) is 90.3 Å². The third-order valence-electron chi connectivity index (χ3n) is 2.54. The molecule has 1 aromatic carbocycles. The summed E-state index contributed by atoms with van der Waals surface area (Å²) in [5.74, 6) is 0. The quantitative estimate of drug-likeness (QED) is 0.500. The molecule has 0 heteroatoms. The number of aryl methyl sites for hydroxylation is 1. The zero-order valence-corrected chi connectivity index (χ0v) is 14.1. The van der Waals surface area contributed by atoms with Crippen molar-refractivity contribution < 1.29 is 0 Å². The Morgan fingerprint density at radius 3 is 1.84 bits per heavy atom. The van der Waals surface area contributed by atoms with Crippen LogP contribution < -0.4 is 0 Å². The first-order valence-electron chi connectivity index (χ1n) is 7.90. The molecule has 0 aliphatic rings. The van der Waals surface area contributed by atoms with Crippen molar-refractivity contribution in [2.75, 3.05) is 0 Å². The van der Waals surface area contributed by atoms with Crippen molar-refractivity contribution in [2.24, 2.45) is 0 Å². The van der Waals surface area contributed by atoms with E-state index in [1.807, 2.05) is 13.8 Å². The number of allylic oxidation sites excluding steroid dienone is 1. The summed E-state index contributed by atoms with van der Waals surface area (Å²) in [6.45, 7) is 16.7. The standard InChI is InChI=1S/C14H20.C3H8.C2H6/c1-4-5-6-7-13(3)14-10-8-12(2)9-11-14;1-3-2;1-2/h8-11H,3-7H2,1-2H3;3H2,1-2H3;1-2H3. The van der Waals surface area contributed by atoms with E-state index in [0.29, 0.717) is 0 Å². The molecule has 0 aliphatic carbocycles. The number of hydrogen-bond donors (Lipinski definition) is 0. The van der Waals surface area contributed by atoms with Crippen molar-refractivity contribution in [3.05, 3.63) is 42.0 Å². The van der Waals surface area contributed by atoms with E-state index in [2.05, 4.69) is 58.5 Å². The highest BCUT2D eigenvalue weighted by Gasteiger charge is 1.97. The van der Waals surface area contributed by atoms with Gasteiger partial charge in [0.2, 0.25) is 0 Å². The van der Waals surface area contributed by atoms with E-state index in [1.54, 1.807) is 0 Å². The first kappa shape index (κ1) is 20.3. The Balaban J connectivity index is 0. The van der Waals surface area contributed by atoms with Crippen LogP contribution in [0.25, 0.3) is 5.57 Å². The molecule has 0 heterocycles. The maximum absolute atomic E-state index is 4.13. The van der Waals surface area contributed by atoms with E-state index < -0.39 is 0 Å². The fraction of sp³-hybridized carbons (Fsp3) is 0.579. The SMILES string of the molecule is C=C(CCCCC)c1ccc(C)cc1.CC.CCC. The second-order valence-corrected chi connectivity index (χ2v) is 4.63. The highest BCUT2D eigenvalue weighted by atomic mass is 14.0. The Labute approximate surface area is 121 Å². The molecule has 0 saturated carbocycles. The lowest BCUT2D eigenvalue weighted by Crippen LogP contribution is -1.84. The molecule has 0 amide bonds. The van der Waals surface area contributed by atoms with Crippen LogP contribution in [0.2, 0.25) is 0 Å². The van der Waals surface area contributed by atoms with Gasteiger partial charge in [-0.15, -0.1) is 0 Å². The molecule has 0 spiro atoms. The van der Waals surface area contributed by atoms with Crippen molar-refractivity contribution in [1.29, 1.82) is 0 Å². The minimum Gasteiger partial charge on any atom is -0.0952 e. The van der Waals surface area contributed by atoms with Gasteiger partial charge in [0.15, 0.2) is 0 Å². The minimum atomic E-state index is 1.14. The van der Waals surface area contributed by atoms with E-state index in [4.69, 9.17) is 0 Å². The predicted molar refractivity (Wildman–Crippen MR) is 91.7 cm³/mol. The first-order valence-corrected chi connectivity index (χ1v) is 7.90. The fourth-order valence-electron chi connectivity index (χ4n) is 1.52. The molecular weight excluding hydrogens is 228 g/mol. The van der Waals surface area contributed by atoms with Crippen LogP contribution in [0.15, 0.2) is 30.8 Å². The average molecular weight is 262 g/mol. The van der Waals surface area contributed by atoms with E-state index in [1.165, 1.54) is 42.4 Å². The van der Waals surface area contributed by atoms with Crippen LogP contribution in [-0.4, -0.2) is 0 Å². The van der Waals surface area contributed by atoms with Crippen molar-refractivity contribution in [1.82, 2.24) is 0 Å². The molecule has 1 aromatic rings. The molecule has 0 aliphatic heterocycles. The average Bonchev–Trinajstić information content (AvgIpc) is 2.43. The third kappa shape index (κ3) is 11.8. The lowest BCUT2D eigenvalue weighted by molar-refractivity contribution is 0.736. The highest BCUT2D eigenvalue weighted by molar-refractivity contribution is 5.63. The van der Waals surface area contributed by atoms with E-state index in [9.17, 15) is 0 Å². The van der Waals surface area contributed by atoms with Gasteiger partial charge in [-0.25, -0.2) is 0 Å². The van der Waals surface area contributed by atoms with Crippen LogP contribution in [0.1, 0.15) is 77.8 Å². The van der Waals surface area contributed by atoms with Gasteiger partial charge < -0.3 is 0 Å². The van der Waals surface area contributed by atoms with Crippen molar-refractivity contribution in [3.63, 3.8) is 0 Å². The molecule has 0 nitrogen and oxygen atoms in total. The Bertz CT molecular complexity index is 292. The molecule has 0 N–H and O–H groups in total. The second kappa shape index (κ2) is 15.0. The summed E-state index contributed by atoms with van der Waals surface area (Å²) < 4.78 is 0. The molecule has 0 radical (unpaired) electrons. The number of rotatable bonds is 5. The lowest BCUT2D eigenvalue weighted by Gasteiger charge is -2.05. The summed E-state index contributed by atoms with van der Waals surface area (Å²) in [5.41, 5.74) is 3.89. The fourth-order valence-corrected chi connectivity index (χ4v) is 1.52. The van der Waals surface area contributed by atoms with E-state index in [-0.39, 0.29) is 0 Å². The molecule has 0 atom stereocenters. The molecule has 0 fully saturated rings. The van der Waals surface area contributed by atoms with Gasteiger partial charge in [0.05, 0.1) is 0 Å². The molecular formula is C19H34. The number of hydrogen-bond acceptors (Lipinski definition) is 0. The topological polar surface area (TPSA) is 0 Å². The Morgan fingerprint density at radius 1 is 0.947 bits per heavy atom. The Morgan fingerprint density at radius 2 is 1.42 bits per heavy atom. The molecule has 0 aromatic heterocycles. The normalized spacial score (nSPS) is 8.74. The zero-order valence-electron chi connectivity index (χ0n) is 14.1. The maximum Gasteiger partial charge on any atom is -0.0230 e. The van der Waals surface area contributed by atoms with Crippen molar-refractivity contribution in [2.45, 2.75) is 73.6 Å². The summed E-state index contributed by atoms with van der Waals surface area (Å²) >= 11 is 0. The molecule has 1 rings (SSSR count). The summed E-state index contributed by atoms with van der Waals surface area (Å²) in [4.78, 5) is 0. The highest BCUT2D eigenvalue weighted by Crippen LogP contribution is 2.19. The van der Waals surface area contributed by atoms with E-state index in [0.717, 1.165) is 6.42 Å². The molecule has 0 saturated heterocycles. The van der Waals surface area contributed by atoms with Gasteiger partial charge in [0.1, 0.15) is 0 Å². The number of benzene rings is 1. The van der Waals surface area contributed by atoms with Gasteiger partial charge in [0.25, 0.3) is 0 Å². The Kier molecular flexibility index (Phi) is 16.0. The lowest BCUT2D eigenvalue weighted by atomic mass is 10.0. The van der Waals surface area contributed by atoms with Crippen LogP contribution in [0.3, 0.4) is 0 Å². The van der Waals surface area contributed by atoms with Gasteiger partial charge >= 0.3 is 0 Å². The summed E-state index contributed by atoms with van der Waals surface area (Å²) in [6.07, 6.45) is 6.24. The Hall–Kier alpha value is -1.04. The smallest absolute Gasteiger partial charge is 0.0230 e. The van der Waals surface area contributed by atoms with E-state index >= 15 is 0 Å². The van der Waals surface area contributed by atoms with Gasteiger partial charge in [-0.2, -0.15) is 0 Å². The molecule has 0 bridgehead atoms. The summed E-state index contributed by atoms with van der Waals surface area (Å²) in [5, 5.41) is 0. The van der Waals surface area contributed by atoms with Crippen LogP contribution in [0, 0.1) is 6.92 Å². The summed E-state index contributed by atoms with van der Waals surface area (Å²) in [7, 11) is 0. The van der Waals surface area contributed by atoms with Gasteiger partial charge in [0, 0.05) is 0 Å². The minimum absolute atomic E-state index is 1.14. The van der Waals surface area contributed by atoms with Crippen LogP contribution in [0.5, 0.6) is 0 Å². The molecule has 0 unspecified atom stereocenters. The van der Waals surface area contributed by atoms with Crippen LogP contribution in [-0.2, 0) is 0 Å². The molecule has 110 valence electrons. The first-order chi connectivity index (χ1) is 9.15. The summed E-state index contributed by atoms with van der Waals surface area (Å²) in [6, 6.07) is 8.65. The maximum atomic E-state index is 4.13. The third-order valence-corrected chi connectivity index (χ3v) is 2.54. The molecule has 19 heavy (non-hydrogen) atoms. The number of unbranched alkanes of at least 4 members (excludes halogenated alkanes) is 2. The second-order valence-electron chi connectivity index (χ2n) is 4.63. The van der Waals surface area contributed by atoms with Crippen molar-refractivity contribution in [3.8, 4) is 0 Å². The largest absolute Gasteiger partial charge is 0.0952 e. The predicted octanol–water partition coefficient (Wildman–Crippen LogP) is 7.03. The van der Waals surface area contributed by atoms with Crippen LogP contribution in [0.4, 0.5) is 0 Å². The zero-order chi connectivity index (χ0) is 15.1. The van der Waals surface area contributed by atoms with Gasteiger partial charge in [-0.05, 0) is 30.9 Å². The monoisotopic (exact) mass is 262 g/mol. The van der Waals surface area contributed by atoms with Crippen molar-refractivity contribution >= 4 is 5.57 Å². The van der Waals surface area contributed by atoms with Gasteiger partial charge in [-0.3, -0.25) is 0 Å². The van der Waals surface area contributed by atoms with Crippen LogP contribution >= 0.6 is 0 Å².